The van der Waals surface area contributed by atoms with Crippen LogP contribution in [0.2, 0.25) is 0 Å². The Labute approximate surface area is 156 Å². The number of hydrogen-bond acceptors (Lipinski definition) is 5. The molecule has 7 heteroatoms. The summed E-state index contributed by atoms with van der Waals surface area (Å²) in [5, 5.41) is 2.76. The van der Waals surface area contributed by atoms with Crippen LogP contribution in [0.3, 0.4) is 0 Å². The summed E-state index contributed by atoms with van der Waals surface area (Å²) in [5.74, 6) is 0.454. The molecule has 0 bridgehead atoms. The van der Waals surface area contributed by atoms with Crippen molar-refractivity contribution in [2.24, 2.45) is 5.92 Å². The Kier molecular flexibility index (Phi) is 5.02. The van der Waals surface area contributed by atoms with Crippen LogP contribution in [0.4, 0.5) is 4.39 Å². The van der Waals surface area contributed by atoms with Gasteiger partial charge in [0, 0.05) is 37.0 Å². The van der Waals surface area contributed by atoms with E-state index in [1.165, 1.54) is 23.5 Å². The molecule has 5 nitrogen and oxygen atoms in total. The highest BCUT2D eigenvalue weighted by atomic mass is 32.1. The number of nitrogens with zero attached hydrogens (tertiary/aromatic N) is 2. The summed E-state index contributed by atoms with van der Waals surface area (Å²) in [7, 11) is 0. The van der Waals surface area contributed by atoms with Gasteiger partial charge >= 0.3 is 0 Å². The number of hydrogen-bond donors (Lipinski definition) is 2. The molecule has 3 unspecified atom stereocenters. The van der Waals surface area contributed by atoms with Crippen molar-refractivity contribution < 1.29 is 9.18 Å². The number of piperidine rings is 1. The Morgan fingerprint density at radius 3 is 2.88 bits per heavy atom. The molecule has 0 aliphatic carbocycles. The fraction of sp³-hybridized carbons (Fsp3) is 0.474. The van der Waals surface area contributed by atoms with Crippen molar-refractivity contribution in [2.45, 2.75) is 31.7 Å². The normalized spacial score (nSPS) is 26.2. The number of amides is 1. The topological polar surface area (TPSA) is 57.3 Å². The van der Waals surface area contributed by atoms with Crippen LogP contribution in [0.15, 0.2) is 29.6 Å². The molecule has 2 aliphatic rings. The number of benzene rings is 1. The third kappa shape index (κ3) is 3.51. The fourth-order valence-corrected chi connectivity index (χ4v) is 4.69. The molecule has 0 spiro atoms. The summed E-state index contributed by atoms with van der Waals surface area (Å²) in [6, 6.07) is 7.00. The van der Waals surface area contributed by atoms with Crippen LogP contribution in [0.5, 0.6) is 0 Å². The quantitative estimate of drug-likeness (QED) is 0.867. The van der Waals surface area contributed by atoms with E-state index in [1.54, 1.807) is 0 Å². The molecule has 2 saturated heterocycles. The maximum Gasteiger partial charge on any atom is 0.273 e. The van der Waals surface area contributed by atoms with Crippen LogP contribution >= 0.6 is 11.3 Å². The number of likely N-dealkylation sites (tertiary alicyclic amines) is 1. The first-order valence-electron chi connectivity index (χ1n) is 9.07. The minimum absolute atomic E-state index is 0.0309. The molecule has 1 aromatic carbocycles. The molecule has 0 radical (unpaired) electrons. The minimum atomic E-state index is -0.211. The third-order valence-electron chi connectivity index (χ3n) is 5.41. The summed E-state index contributed by atoms with van der Waals surface area (Å²) in [6.45, 7) is 4.24. The van der Waals surface area contributed by atoms with Crippen LogP contribution in [-0.4, -0.2) is 41.5 Å². The number of halogens is 1. The average Bonchev–Trinajstić information content (AvgIpc) is 3.31. The van der Waals surface area contributed by atoms with E-state index < -0.39 is 0 Å². The van der Waals surface area contributed by atoms with Gasteiger partial charge in [-0.1, -0.05) is 12.1 Å². The predicted octanol–water partition coefficient (Wildman–Crippen LogP) is 2.70. The summed E-state index contributed by atoms with van der Waals surface area (Å²) in [5.41, 5.74) is 8.34. The van der Waals surface area contributed by atoms with Gasteiger partial charge in [0.1, 0.15) is 11.5 Å². The maximum absolute atomic E-state index is 13.2. The lowest BCUT2D eigenvalue weighted by atomic mass is 9.81. The van der Waals surface area contributed by atoms with Crippen LogP contribution < -0.4 is 10.9 Å². The second-order valence-electron chi connectivity index (χ2n) is 7.11. The molecule has 3 atom stereocenters. The average molecular weight is 374 g/mol. The molecule has 2 aliphatic heterocycles. The second kappa shape index (κ2) is 7.42. The Morgan fingerprint density at radius 1 is 1.35 bits per heavy atom. The molecule has 2 N–H and O–H groups in total. The number of rotatable bonds is 3. The van der Waals surface area contributed by atoms with E-state index in [4.69, 9.17) is 0 Å². The fourth-order valence-electron chi connectivity index (χ4n) is 4.11. The summed E-state index contributed by atoms with van der Waals surface area (Å²) >= 11 is 1.51. The highest BCUT2D eigenvalue weighted by Crippen LogP contribution is 2.32. The van der Waals surface area contributed by atoms with E-state index in [-0.39, 0.29) is 23.7 Å². The largest absolute Gasteiger partial charge is 0.337 e. The van der Waals surface area contributed by atoms with E-state index in [1.807, 2.05) is 29.3 Å². The van der Waals surface area contributed by atoms with Crippen molar-refractivity contribution in [3.8, 4) is 0 Å². The van der Waals surface area contributed by atoms with Crippen LogP contribution in [0.1, 0.15) is 39.8 Å². The number of thiazole rings is 1. The SMILES string of the molecule is Cc1nc(C(=O)N2CCCC(C3NNCC3c3ccc(F)cc3)C2)cs1. The van der Waals surface area contributed by atoms with Gasteiger partial charge in [-0.25, -0.2) is 9.37 Å². The molecule has 0 saturated carbocycles. The van der Waals surface area contributed by atoms with Gasteiger partial charge in [-0.3, -0.25) is 15.6 Å². The Morgan fingerprint density at radius 2 is 2.15 bits per heavy atom. The van der Waals surface area contributed by atoms with Crippen molar-refractivity contribution in [1.29, 1.82) is 0 Å². The zero-order valence-electron chi connectivity index (χ0n) is 14.7. The molecule has 3 heterocycles. The number of carbonyl (C=O) groups is 1. The van der Waals surface area contributed by atoms with Gasteiger partial charge in [0.05, 0.1) is 5.01 Å². The lowest BCUT2D eigenvalue weighted by molar-refractivity contribution is 0.0639. The summed E-state index contributed by atoms with van der Waals surface area (Å²) in [6.07, 6.45) is 2.07. The number of hydrazine groups is 1. The van der Waals surface area contributed by atoms with E-state index >= 15 is 0 Å². The van der Waals surface area contributed by atoms with Crippen molar-refractivity contribution >= 4 is 17.2 Å². The first-order valence-corrected chi connectivity index (χ1v) is 9.95. The van der Waals surface area contributed by atoms with Crippen molar-refractivity contribution in [2.75, 3.05) is 19.6 Å². The highest BCUT2D eigenvalue weighted by Gasteiger charge is 2.37. The number of aromatic nitrogens is 1. The Hall–Kier alpha value is -1.83. The van der Waals surface area contributed by atoms with Crippen LogP contribution in [0.25, 0.3) is 0 Å². The number of aryl methyl sites for hydroxylation is 1. The van der Waals surface area contributed by atoms with Gasteiger partial charge in [0.2, 0.25) is 0 Å². The minimum Gasteiger partial charge on any atom is -0.337 e. The van der Waals surface area contributed by atoms with E-state index in [0.29, 0.717) is 11.6 Å². The van der Waals surface area contributed by atoms with Crippen LogP contribution in [0, 0.1) is 18.7 Å². The van der Waals surface area contributed by atoms with Crippen LogP contribution in [-0.2, 0) is 0 Å². The number of nitrogens with one attached hydrogen (secondary N) is 2. The van der Waals surface area contributed by atoms with Gasteiger partial charge in [-0.05, 0) is 43.4 Å². The predicted molar refractivity (Wildman–Crippen MR) is 99.5 cm³/mol. The molecule has 4 rings (SSSR count). The van der Waals surface area contributed by atoms with Gasteiger partial charge in [-0.2, -0.15) is 0 Å². The molecule has 26 heavy (non-hydrogen) atoms. The van der Waals surface area contributed by atoms with Gasteiger partial charge in [0.25, 0.3) is 5.91 Å². The molecular weight excluding hydrogens is 351 g/mol. The maximum atomic E-state index is 13.2. The van der Waals surface area contributed by atoms with Crippen molar-refractivity contribution in [1.82, 2.24) is 20.7 Å². The molecule has 1 amide bonds. The first-order chi connectivity index (χ1) is 12.6. The highest BCUT2D eigenvalue weighted by molar-refractivity contribution is 7.09. The summed E-state index contributed by atoms with van der Waals surface area (Å²) in [4.78, 5) is 19.0. The van der Waals surface area contributed by atoms with E-state index in [0.717, 1.165) is 43.0 Å². The zero-order chi connectivity index (χ0) is 18.1. The van der Waals surface area contributed by atoms with Crippen molar-refractivity contribution in [3.63, 3.8) is 0 Å². The first kappa shape index (κ1) is 17.6. The Bertz CT molecular complexity index is 778. The number of carbonyl (C=O) groups excluding carboxylic acids is 1. The van der Waals surface area contributed by atoms with Gasteiger partial charge in [-0.15, -0.1) is 11.3 Å². The van der Waals surface area contributed by atoms with Gasteiger partial charge < -0.3 is 4.90 Å². The second-order valence-corrected chi connectivity index (χ2v) is 8.18. The standard InChI is InChI=1S/C19H23FN4OS/c1-12-22-17(11-26-12)19(25)24-8-2-3-14(10-24)18-16(9-21-23-18)13-4-6-15(20)7-5-13/h4-7,11,14,16,18,21,23H,2-3,8-10H2,1H3. The monoisotopic (exact) mass is 374 g/mol. The lowest BCUT2D eigenvalue weighted by Gasteiger charge is -2.37. The lowest BCUT2D eigenvalue weighted by Crippen LogP contribution is -2.48. The molecule has 1 aromatic heterocycles. The van der Waals surface area contributed by atoms with E-state index in [9.17, 15) is 9.18 Å². The smallest absolute Gasteiger partial charge is 0.273 e. The third-order valence-corrected chi connectivity index (χ3v) is 6.19. The molecule has 2 fully saturated rings. The molecule has 138 valence electrons. The summed E-state index contributed by atoms with van der Waals surface area (Å²) < 4.78 is 13.2. The van der Waals surface area contributed by atoms with E-state index in [2.05, 4.69) is 15.8 Å². The molecular formula is C19H23FN4OS. The Balaban J connectivity index is 1.48. The zero-order valence-corrected chi connectivity index (χ0v) is 15.6. The van der Waals surface area contributed by atoms with Crippen molar-refractivity contribution in [3.05, 3.63) is 51.7 Å². The van der Waals surface area contributed by atoms with Gasteiger partial charge in [0.15, 0.2) is 0 Å². The molecule has 2 aromatic rings.